The van der Waals surface area contributed by atoms with Gasteiger partial charge in [0.15, 0.2) is 5.13 Å². The highest BCUT2D eigenvalue weighted by atomic mass is 32.2. The van der Waals surface area contributed by atoms with Crippen LogP contribution in [0.3, 0.4) is 0 Å². The second-order valence-corrected chi connectivity index (χ2v) is 23.5. The number of anilines is 1. The number of piperazine rings is 1. The summed E-state index contributed by atoms with van der Waals surface area (Å²) in [4.78, 5) is 82.8. The van der Waals surface area contributed by atoms with Gasteiger partial charge in [-0.2, -0.15) is 0 Å². The molecule has 3 aliphatic rings. The van der Waals surface area contributed by atoms with Gasteiger partial charge in [0.25, 0.3) is 11.8 Å². The molecule has 0 unspecified atom stereocenters. The number of rotatable bonds is 15. The van der Waals surface area contributed by atoms with Crippen LogP contribution in [0.1, 0.15) is 110 Å². The first-order valence-electron chi connectivity index (χ1n) is 24.9. The van der Waals surface area contributed by atoms with Crippen molar-refractivity contribution in [3.8, 4) is 21.9 Å². The second-order valence-electron chi connectivity index (χ2n) is 20.3. The number of nitrogens with one attached hydrogen (secondary N) is 3. The van der Waals surface area contributed by atoms with Crippen LogP contribution in [0, 0.1) is 19.3 Å². The monoisotopic (exact) mass is 1050 g/mol. The minimum atomic E-state index is -0.801. The molecule has 2 aromatic heterocycles. The normalized spacial score (nSPS) is 20.0. The number of carbonyl (C=O) groups is 5. The minimum absolute atomic E-state index is 0.00117. The number of nitrogens with zero attached hydrogens (tertiary/aromatic N) is 5. The number of hydrogen-bond donors (Lipinski definition) is 4. The largest absolute Gasteiger partial charge is 0.496 e. The summed E-state index contributed by atoms with van der Waals surface area (Å²) in [6, 6.07) is 17.2. The van der Waals surface area contributed by atoms with Crippen molar-refractivity contribution in [2.24, 2.45) is 5.41 Å². The standard InChI is InChI=1S/C54H66N8O8S3/c1-31-25-44(69-8)42(51(67)61-23-21-60(22-24-61)34(4)63)27-45(31)72-46-28-55-53(73-46)59-49(65)37-13-17-40(18-14-37)70-41-19-15-38(16-20-41)58-48(54(5,6)7)52(68)62-29-39(64)26-43(62)50(66)57-32(2)35-9-11-36(12-10-35)47-33(3)56-30-71-47/h9-14,17-18,25,27-28,30,32,38-39,41,43,48,58,64H,15-16,19-24,26,29H2,1-8H3,(H,57,66)(H,55,59,65)/t32-,38?,39+,41?,43-,48+/m0/s1. The van der Waals surface area contributed by atoms with Gasteiger partial charge in [0, 0.05) is 62.6 Å². The zero-order valence-electron chi connectivity index (χ0n) is 42.7. The molecule has 3 fully saturated rings. The average Bonchev–Trinajstić information content (AvgIpc) is 4.13. The smallest absolute Gasteiger partial charge is 0.257 e. The molecule has 19 heteroatoms. The Balaban J connectivity index is 0.807. The van der Waals surface area contributed by atoms with Crippen LogP contribution < -0.4 is 25.4 Å². The van der Waals surface area contributed by atoms with Gasteiger partial charge in [0.2, 0.25) is 17.7 Å². The van der Waals surface area contributed by atoms with E-state index in [2.05, 4.69) is 25.9 Å². The SMILES string of the molecule is COc1cc(C)c(Sc2cnc(NC(=O)c3ccc(OC4CCC(N[C@H](C(=O)N5C[C@H](O)C[C@H]5C(=O)N[C@@H](C)c5ccc(-c6scnc6C)cc5)C(C)(C)C)CC4)cc3)s2)cc1C(=O)N1CCN(C(C)=O)CC1. The third-order valence-electron chi connectivity index (χ3n) is 13.9. The lowest BCUT2D eigenvalue weighted by Gasteiger charge is -2.39. The quantitative estimate of drug-likeness (QED) is 0.0788. The summed E-state index contributed by atoms with van der Waals surface area (Å²) in [5.41, 5.74) is 6.18. The number of ether oxygens (including phenoxy) is 2. The average molecular weight is 1050 g/mol. The molecule has 5 amide bonds. The highest BCUT2D eigenvalue weighted by molar-refractivity contribution is 8.01. The summed E-state index contributed by atoms with van der Waals surface area (Å²) in [6.07, 6.45) is 4.11. The van der Waals surface area contributed by atoms with Crippen molar-refractivity contribution < 1.29 is 38.6 Å². The molecule has 8 rings (SSSR count). The molecule has 1 saturated carbocycles. The molecule has 2 saturated heterocycles. The molecular formula is C54H66N8O8S3. The molecular weight excluding hydrogens is 985 g/mol. The number of aryl methyl sites for hydroxylation is 2. The first-order chi connectivity index (χ1) is 34.8. The van der Waals surface area contributed by atoms with Gasteiger partial charge < -0.3 is 39.9 Å². The number of aliphatic hydroxyl groups excluding tert-OH is 1. The number of likely N-dealkylation sites (tertiary alicyclic amines) is 1. The van der Waals surface area contributed by atoms with Crippen LogP contribution >= 0.6 is 34.4 Å². The van der Waals surface area contributed by atoms with Crippen LogP contribution in [0.5, 0.6) is 11.5 Å². The van der Waals surface area contributed by atoms with Crippen LogP contribution in [0.15, 0.2) is 81.5 Å². The van der Waals surface area contributed by atoms with Crippen molar-refractivity contribution in [3.05, 3.63) is 100 Å². The molecule has 3 aromatic carbocycles. The number of aliphatic hydroxyl groups is 1. The summed E-state index contributed by atoms with van der Waals surface area (Å²) >= 11 is 4.38. The summed E-state index contributed by atoms with van der Waals surface area (Å²) < 4.78 is 12.8. The number of thiazole rings is 2. The fourth-order valence-electron chi connectivity index (χ4n) is 9.66. The van der Waals surface area contributed by atoms with Crippen molar-refractivity contribution in [2.45, 2.75) is 126 Å². The molecule has 1 aliphatic carbocycles. The van der Waals surface area contributed by atoms with Crippen LogP contribution in [0.2, 0.25) is 0 Å². The van der Waals surface area contributed by atoms with Gasteiger partial charge in [-0.1, -0.05) is 68.1 Å². The van der Waals surface area contributed by atoms with E-state index in [4.69, 9.17) is 9.47 Å². The number of hydrogen-bond acceptors (Lipinski definition) is 14. The van der Waals surface area contributed by atoms with E-state index in [1.165, 1.54) is 30.0 Å². The number of aromatic nitrogens is 2. The summed E-state index contributed by atoms with van der Waals surface area (Å²) in [6.45, 7) is 15.4. The molecule has 388 valence electrons. The fourth-order valence-corrected chi connectivity index (χ4v) is 12.4. The molecule has 2 aliphatic heterocycles. The molecule has 73 heavy (non-hydrogen) atoms. The number of carbonyl (C=O) groups excluding carboxylic acids is 5. The van der Waals surface area contributed by atoms with E-state index >= 15 is 0 Å². The molecule has 4 atom stereocenters. The van der Waals surface area contributed by atoms with Crippen molar-refractivity contribution in [1.29, 1.82) is 0 Å². The summed E-state index contributed by atoms with van der Waals surface area (Å²) in [7, 11) is 1.54. The van der Waals surface area contributed by atoms with Gasteiger partial charge in [-0.25, -0.2) is 9.97 Å². The Morgan fingerprint density at radius 2 is 1.59 bits per heavy atom. The highest BCUT2D eigenvalue weighted by Crippen LogP contribution is 2.39. The van der Waals surface area contributed by atoms with Gasteiger partial charge in [-0.05, 0) is 105 Å². The number of methoxy groups -OCH3 is 1. The summed E-state index contributed by atoms with van der Waals surface area (Å²) in [5, 5.41) is 20.9. The van der Waals surface area contributed by atoms with Crippen molar-refractivity contribution in [1.82, 2.24) is 35.3 Å². The van der Waals surface area contributed by atoms with Crippen LogP contribution in [-0.4, -0.2) is 129 Å². The third kappa shape index (κ3) is 12.9. The van der Waals surface area contributed by atoms with Gasteiger partial charge in [-0.15, -0.1) is 11.3 Å². The molecule has 0 bridgehead atoms. The Hall–Kier alpha value is -5.86. The lowest BCUT2D eigenvalue weighted by Crippen LogP contribution is -2.59. The molecule has 0 spiro atoms. The van der Waals surface area contributed by atoms with E-state index in [1.54, 1.807) is 63.6 Å². The topological polar surface area (TPSA) is 196 Å². The Morgan fingerprint density at radius 1 is 0.904 bits per heavy atom. The van der Waals surface area contributed by atoms with E-state index in [0.717, 1.165) is 62.0 Å². The van der Waals surface area contributed by atoms with E-state index in [9.17, 15) is 29.1 Å². The Kier molecular flexibility index (Phi) is 16.9. The van der Waals surface area contributed by atoms with Crippen LogP contribution in [0.25, 0.3) is 10.4 Å². The first-order valence-corrected chi connectivity index (χ1v) is 27.4. The van der Waals surface area contributed by atoms with Crippen molar-refractivity contribution >= 4 is 69.1 Å². The van der Waals surface area contributed by atoms with E-state index in [1.807, 2.05) is 83.5 Å². The number of amides is 5. The molecule has 5 aromatic rings. The van der Waals surface area contributed by atoms with Gasteiger partial charge >= 0.3 is 0 Å². The number of β-amino-alcohol motifs (C(OH)–C–C–N with tert-alkyl or cyclic N) is 1. The minimum Gasteiger partial charge on any atom is -0.496 e. The van der Waals surface area contributed by atoms with Gasteiger partial charge in [-0.3, -0.25) is 29.3 Å². The Morgan fingerprint density at radius 3 is 2.22 bits per heavy atom. The molecule has 16 nitrogen and oxygen atoms in total. The predicted molar refractivity (Wildman–Crippen MR) is 285 cm³/mol. The van der Waals surface area contributed by atoms with Crippen molar-refractivity contribution in [3.63, 3.8) is 0 Å². The maximum atomic E-state index is 14.4. The third-order valence-corrected chi connectivity index (χ3v) is 17.1. The van der Waals surface area contributed by atoms with E-state index in [-0.39, 0.29) is 60.7 Å². The lowest BCUT2D eigenvalue weighted by molar-refractivity contribution is -0.142. The van der Waals surface area contributed by atoms with Gasteiger partial charge in [0.1, 0.15) is 17.5 Å². The molecule has 4 heterocycles. The summed E-state index contributed by atoms with van der Waals surface area (Å²) in [5.74, 6) is 0.210. The van der Waals surface area contributed by atoms with Crippen molar-refractivity contribution in [2.75, 3.05) is 45.2 Å². The maximum absolute atomic E-state index is 14.4. The zero-order valence-corrected chi connectivity index (χ0v) is 45.2. The van der Waals surface area contributed by atoms with E-state index < -0.39 is 23.6 Å². The first kappa shape index (κ1) is 53.4. The molecule has 0 radical (unpaired) electrons. The van der Waals surface area contributed by atoms with Gasteiger partial charge in [0.05, 0.1) is 63.5 Å². The predicted octanol–water partition coefficient (Wildman–Crippen LogP) is 8.13. The van der Waals surface area contributed by atoms with Crippen LogP contribution in [-0.2, 0) is 14.4 Å². The Labute approximate surface area is 439 Å². The Bertz CT molecular complexity index is 2780. The number of benzene rings is 3. The zero-order chi connectivity index (χ0) is 52.1. The van der Waals surface area contributed by atoms with E-state index in [0.29, 0.717) is 53.9 Å². The van der Waals surface area contributed by atoms with Crippen LogP contribution in [0.4, 0.5) is 5.13 Å². The maximum Gasteiger partial charge on any atom is 0.257 e. The second kappa shape index (κ2) is 23.1. The highest BCUT2D eigenvalue weighted by Gasteiger charge is 2.45. The fraction of sp³-hybridized carbons (Fsp3) is 0.463. The molecule has 4 N–H and O–H groups in total. The lowest BCUT2D eigenvalue weighted by atomic mass is 9.83.